The van der Waals surface area contributed by atoms with Gasteiger partial charge in [-0.1, -0.05) is 38.5 Å². The lowest BCUT2D eigenvalue weighted by Crippen LogP contribution is -2.38. The number of nitrogens with zero attached hydrogens (tertiary/aromatic N) is 1. The molecule has 1 aromatic heterocycles. The quantitative estimate of drug-likeness (QED) is 0.321. The maximum Gasteiger partial charge on any atom is 0.319 e. The van der Waals surface area contributed by atoms with E-state index >= 15 is 0 Å². The molecule has 8 heteroatoms. The van der Waals surface area contributed by atoms with Crippen LogP contribution in [0.4, 0.5) is 16.2 Å². The van der Waals surface area contributed by atoms with E-state index in [1.54, 1.807) is 12.1 Å². The predicted octanol–water partition coefficient (Wildman–Crippen LogP) is 5.33. The number of carbonyl (C=O) groups excluding carboxylic acids is 2. The van der Waals surface area contributed by atoms with Crippen LogP contribution in [-0.2, 0) is 0 Å². The molecule has 0 saturated heterocycles. The third-order valence-corrected chi connectivity index (χ3v) is 7.16. The first-order valence-corrected chi connectivity index (χ1v) is 12.8. The lowest BCUT2D eigenvalue weighted by Gasteiger charge is -2.23. The smallest absolute Gasteiger partial charge is 0.319 e. The van der Waals surface area contributed by atoms with E-state index in [-0.39, 0.29) is 24.0 Å². The number of carbonyl (C=O) groups is 2. The summed E-state index contributed by atoms with van der Waals surface area (Å²) in [5.41, 5.74) is 10.0. The number of aromatic nitrogens is 2. The number of H-pyrrole nitrogens is 1. The highest BCUT2D eigenvalue weighted by molar-refractivity contribution is 6.02. The van der Waals surface area contributed by atoms with Crippen LogP contribution in [0.2, 0.25) is 0 Å². The number of rotatable bonds is 5. The first kappa shape index (κ1) is 23.2. The molecule has 2 saturated carbocycles. The van der Waals surface area contributed by atoms with Gasteiger partial charge in [0.1, 0.15) is 5.82 Å². The van der Waals surface area contributed by atoms with E-state index in [1.807, 2.05) is 24.3 Å². The van der Waals surface area contributed by atoms with Gasteiger partial charge >= 0.3 is 6.03 Å². The SMILES string of the molecule is Nc1ccc(-c2nc3ccc(NC(=O)NC4CCCCC4)cc3[nH]2)c(C(=O)NC2CCCCC2)c1. The number of amides is 3. The van der Waals surface area contributed by atoms with Crippen molar-refractivity contribution in [2.75, 3.05) is 11.1 Å². The monoisotopic (exact) mass is 474 g/mol. The van der Waals surface area contributed by atoms with Crippen LogP contribution in [0.5, 0.6) is 0 Å². The molecule has 2 aromatic carbocycles. The van der Waals surface area contributed by atoms with E-state index in [2.05, 4.69) is 20.9 Å². The van der Waals surface area contributed by atoms with Crippen molar-refractivity contribution in [1.29, 1.82) is 0 Å². The summed E-state index contributed by atoms with van der Waals surface area (Å²) in [6, 6.07) is 11.2. The number of nitrogen functional groups attached to an aromatic ring is 1. The third kappa shape index (κ3) is 5.58. The topological polar surface area (TPSA) is 125 Å². The molecule has 35 heavy (non-hydrogen) atoms. The number of nitrogens with one attached hydrogen (secondary N) is 4. The number of hydrogen-bond acceptors (Lipinski definition) is 4. The Morgan fingerprint density at radius 3 is 2.26 bits per heavy atom. The van der Waals surface area contributed by atoms with Gasteiger partial charge in [0, 0.05) is 29.0 Å². The second-order valence-electron chi connectivity index (χ2n) is 9.86. The van der Waals surface area contributed by atoms with Gasteiger partial charge in [-0.25, -0.2) is 9.78 Å². The molecule has 0 spiro atoms. The summed E-state index contributed by atoms with van der Waals surface area (Å²) < 4.78 is 0. The Balaban J connectivity index is 1.34. The second-order valence-corrected chi connectivity index (χ2v) is 9.86. The zero-order chi connectivity index (χ0) is 24.2. The fourth-order valence-corrected chi connectivity index (χ4v) is 5.28. The van der Waals surface area contributed by atoms with Crippen molar-refractivity contribution in [1.82, 2.24) is 20.6 Å². The lowest BCUT2D eigenvalue weighted by atomic mass is 9.95. The van der Waals surface area contributed by atoms with E-state index in [4.69, 9.17) is 10.7 Å². The van der Waals surface area contributed by atoms with Crippen molar-refractivity contribution < 1.29 is 9.59 Å². The fraction of sp³-hybridized carbons (Fsp3) is 0.444. The Morgan fingerprint density at radius 1 is 0.857 bits per heavy atom. The van der Waals surface area contributed by atoms with Crippen LogP contribution in [0.3, 0.4) is 0 Å². The van der Waals surface area contributed by atoms with E-state index < -0.39 is 0 Å². The van der Waals surface area contributed by atoms with Crippen LogP contribution in [0.25, 0.3) is 22.4 Å². The zero-order valence-corrected chi connectivity index (χ0v) is 20.0. The molecular weight excluding hydrogens is 440 g/mol. The molecule has 2 fully saturated rings. The van der Waals surface area contributed by atoms with Gasteiger partial charge in [-0.2, -0.15) is 0 Å². The van der Waals surface area contributed by atoms with Crippen molar-refractivity contribution in [3.05, 3.63) is 42.0 Å². The van der Waals surface area contributed by atoms with Crippen molar-refractivity contribution in [3.63, 3.8) is 0 Å². The van der Waals surface area contributed by atoms with Crippen LogP contribution < -0.4 is 21.7 Å². The van der Waals surface area contributed by atoms with Crippen LogP contribution in [-0.4, -0.2) is 34.0 Å². The molecule has 3 amide bonds. The van der Waals surface area contributed by atoms with Gasteiger partial charge in [0.05, 0.1) is 16.6 Å². The first-order valence-electron chi connectivity index (χ1n) is 12.8. The van der Waals surface area contributed by atoms with Gasteiger partial charge in [-0.15, -0.1) is 0 Å². The average Bonchev–Trinajstić information content (AvgIpc) is 3.28. The molecule has 0 radical (unpaired) electrons. The van der Waals surface area contributed by atoms with E-state index in [9.17, 15) is 9.59 Å². The number of urea groups is 1. The zero-order valence-electron chi connectivity index (χ0n) is 20.0. The molecule has 8 nitrogen and oxygen atoms in total. The third-order valence-electron chi connectivity index (χ3n) is 7.16. The molecule has 6 N–H and O–H groups in total. The number of fused-ring (bicyclic) bond motifs is 1. The van der Waals surface area contributed by atoms with Crippen LogP contribution in [0.15, 0.2) is 36.4 Å². The fourth-order valence-electron chi connectivity index (χ4n) is 5.28. The summed E-state index contributed by atoms with van der Waals surface area (Å²) in [6.07, 6.45) is 11.2. The number of aromatic amines is 1. The summed E-state index contributed by atoms with van der Waals surface area (Å²) in [4.78, 5) is 33.6. The molecule has 0 unspecified atom stereocenters. The van der Waals surface area contributed by atoms with Crippen molar-refractivity contribution in [2.24, 2.45) is 0 Å². The molecule has 1 heterocycles. The van der Waals surface area contributed by atoms with E-state index in [0.717, 1.165) is 49.6 Å². The Bertz CT molecular complexity index is 1210. The van der Waals surface area contributed by atoms with Gasteiger partial charge < -0.3 is 26.7 Å². The minimum Gasteiger partial charge on any atom is -0.399 e. The number of anilines is 2. The van der Waals surface area contributed by atoms with Gasteiger partial charge in [-0.3, -0.25) is 4.79 Å². The van der Waals surface area contributed by atoms with Crippen molar-refractivity contribution in [2.45, 2.75) is 76.3 Å². The standard InChI is InChI=1S/C27H34N6O2/c28-17-11-13-21(22(15-17)26(34)29-18-7-3-1-4-8-18)25-32-23-14-12-20(16-24(23)33-25)31-27(35)30-19-9-5-2-6-10-19/h11-16,18-19H,1-10,28H2,(H,29,34)(H,32,33)(H2,30,31,35). The number of nitrogens with two attached hydrogens (primary N) is 1. The maximum absolute atomic E-state index is 13.2. The molecule has 184 valence electrons. The van der Waals surface area contributed by atoms with Crippen molar-refractivity contribution in [3.8, 4) is 11.4 Å². The maximum atomic E-state index is 13.2. The van der Waals surface area contributed by atoms with Crippen LogP contribution in [0, 0.1) is 0 Å². The highest BCUT2D eigenvalue weighted by atomic mass is 16.2. The molecular formula is C27H34N6O2. The molecule has 2 aliphatic carbocycles. The average molecular weight is 475 g/mol. The summed E-state index contributed by atoms with van der Waals surface area (Å²) in [6.45, 7) is 0. The van der Waals surface area contributed by atoms with Gasteiger partial charge in [-0.05, 0) is 62.1 Å². The number of hydrogen-bond donors (Lipinski definition) is 5. The summed E-state index contributed by atoms with van der Waals surface area (Å²) >= 11 is 0. The van der Waals surface area contributed by atoms with Crippen molar-refractivity contribution >= 4 is 34.3 Å². The summed E-state index contributed by atoms with van der Waals surface area (Å²) in [5.74, 6) is 0.471. The Kier molecular flexibility index (Phi) is 6.88. The van der Waals surface area contributed by atoms with Gasteiger partial charge in [0.15, 0.2) is 0 Å². The van der Waals surface area contributed by atoms with E-state index in [1.165, 1.54) is 25.7 Å². The Morgan fingerprint density at radius 2 is 1.54 bits per heavy atom. The normalized spacial score (nSPS) is 17.3. The Labute approximate surface area is 205 Å². The second kappa shape index (κ2) is 10.4. The lowest BCUT2D eigenvalue weighted by molar-refractivity contribution is 0.0928. The summed E-state index contributed by atoms with van der Waals surface area (Å²) in [5, 5.41) is 9.19. The predicted molar refractivity (Wildman–Crippen MR) is 139 cm³/mol. The molecule has 0 aliphatic heterocycles. The molecule has 2 aliphatic rings. The highest BCUT2D eigenvalue weighted by Gasteiger charge is 2.21. The minimum absolute atomic E-state index is 0.124. The molecule has 5 rings (SSSR count). The Hall–Kier alpha value is -3.55. The first-order chi connectivity index (χ1) is 17.0. The van der Waals surface area contributed by atoms with Gasteiger partial charge in [0.25, 0.3) is 5.91 Å². The minimum atomic E-state index is -0.184. The summed E-state index contributed by atoms with van der Waals surface area (Å²) in [7, 11) is 0. The van der Waals surface area contributed by atoms with E-state index in [0.29, 0.717) is 28.3 Å². The molecule has 0 atom stereocenters. The number of imidazole rings is 1. The van der Waals surface area contributed by atoms with Gasteiger partial charge in [0.2, 0.25) is 0 Å². The largest absolute Gasteiger partial charge is 0.399 e. The highest BCUT2D eigenvalue weighted by Crippen LogP contribution is 2.28. The van der Waals surface area contributed by atoms with Crippen LogP contribution in [0.1, 0.15) is 74.6 Å². The molecule has 3 aromatic rings. The van der Waals surface area contributed by atoms with Crippen LogP contribution >= 0.6 is 0 Å². The molecule has 0 bridgehead atoms. The number of benzene rings is 2.